The van der Waals surface area contributed by atoms with E-state index < -0.39 is 5.25 Å². The van der Waals surface area contributed by atoms with Crippen LogP contribution in [0.4, 0.5) is 0 Å². The molecule has 0 aliphatic heterocycles. The van der Waals surface area contributed by atoms with E-state index in [-0.39, 0.29) is 18.0 Å². The largest absolute Gasteiger partial charge is 0.344 e. The third kappa shape index (κ3) is 3.80. The topological polar surface area (TPSA) is 64.0 Å². The normalized spacial score (nSPS) is 11.8. The number of thioether (sulfide) groups is 1. The van der Waals surface area contributed by atoms with Gasteiger partial charge in [-0.2, -0.15) is 0 Å². The molecule has 0 saturated heterocycles. The molecule has 2 aromatic carbocycles. The van der Waals surface area contributed by atoms with Crippen LogP contribution >= 0.6 is 11.8 Å². The van der Waals surface area contributed by atoms with E-state index in [1.54, 1.807) is 23.6 Å². The van der Waals surface area contributed by atoms with Crippen molar-refractivity contribution in [2.24, 2.45) is 0 Å². The third-order valence-corrected chi connectivity index (χ3v) is 5.48. The molecule has 1 heterocycles. The van der Waals surface area contributed by atoms with E-state index >= 15 is 0 Å². The summed E-state index contributed by atoms with van der Waals surface area (Å²) >= 11 is 1.24. The van der Waals surface area contributed by atoms with Gasteiger partial charge in [0.05, 0.1) is 28.4 Å². The summed E-state index contributed by atoms with van der Waals surface area (Å²) in [5.41, 5.74) is 3.18. The molecule has 0 aliphatic rings. The number of carbonyl (C=O) groups excluding carboxylic acids is 1. The molecule has 0 saturated carbocycles. The zero-order chi connectivity index (χ0) is 20.3. The van der Waals surface area contributed by atoms with Gasteiger partial charge in [-0.15, -0.1) is 6.42 Å². The number of hydrogen-bond acceptors (Lipinski definition) is 4. The van der Waals surface area contributed by atoms with Gasteiger partial charge in [0.25, 0.3) is 5.56 Å². The van der Waals surface area contributed by atoms with Gasteiger partial charge in [0.15, 0.2) is 5.16 Å². The van der Waals surface area contributed by atoms with Crippen LogP contribution in [0.5, 0.6) is 0 Å². The van der Waals surface area contributed by atoms with Gasteiger partial charge >= 0.3 is 0 Å². The van der Waals surface area contributed by atoms with Gasteiger partial charge in [0, 0.05) is 0 Å². The van der Waals surface area contributed by atoms with Crippen LogP contribution in [0.1, 0.15) is 18.1 Å². The van der Waals surface area contributed by atoms with E-state index in [1.165, 1.54) is 11.8 Å². The SMILES string of the molecule is C#CCNC(=O)C(C)Sc1nc2ccccc2c(=O)n1-c1c(C)cccc1C. The Bertz CT molecular complexity index is 1120. The summed E-state index contributed by atoms with van der Waals surface area (Å²) in [6, 6.07) is 13.1. The third-order valence-electron chi connectivity index (χ3n) is 4.42. The molecule has 1 amide bonds. The van der Waals surface area contributed by atoms with Gasteiger partial charge in [-0.1, -0.05) is 48.0 Å². The second-order valence-electron chi connectivity index (χ2n) is 6.47. The summed E-state index contributed by atoms with van der Waals surface area (Å²) in [6.45, 7) is 5.86. The zero-order valence-corrected chi connectivity index (χ0v) is 16.8. The predicted molar refractivity (Wildman–Crippen MR) is 114 cm³/mol. The Morgan fingerprint density at radius 1 is 1.21 bits per heavy atom. The van der Waals surface area contributed by atoms with Crippen LogP contribution in [0.15, 0.2) is 52.4 Å². The van der Waals surface area contributed by atoms with Crippen molar-refractivity contribution in [2.75, 3.05) is 6.54 Å². The lowest BCUT2D eigenvalue weighted by molar-refractivity contribution is -0.120. The van der Waals surface area contributed by atoms with E-state index in [0.717, 1.165) is 16.8 Å². The Kier molecular flexibility index (Phi) is 5.86. The zero-order valence-electron chi connectivity index (χ0n) is 16.0. The minimum Gasteiger partial charge on any atom is -0.344 e. The first kappa shape index (κ1) is 19.7. The summed E-state index contributed by atoms with van der Waals surface area (Å²) < 4.78 is 1.61. The summed E-state index contributed by atoms with van der Waals surface area (Å²) in [5, 5.41) is 3.23. The predicted octanol–water partition coefficient (Wildman–Crippen LogP) is 3.23. The minimum absolute atomic E-state index is 0.151. The molecule has 142 valence electrons. The van der Waals surface area contributed by atoms with Crippen LogP contribution in [0.2, 0.25) is 0 Å². The number of aromatic nitrogens is 2. The monoisotopic (exact) mass is 391 g/mol. The second-order valence-corrected chi connectivity index (χ2v) is 7.78. The fourth-order valence-corrected chi connectivity index (χ4v) is 3.98. The fraction of sp³-hybridized carbons (Fsp3) is 0.227. The van der Waals surface area contributed by atoms with Crippen molar-refractivity contribution in [3.8, 4) is 18.0 Å². The minimum atomic E-state index is -0.461. The smallest absolute Gasteiger partial charge is 0.266 e. The molecule has 5 nitrogen and oxygen atoms in total. The van der Waals surface area contributed by atoms with Crippen molar-refractivity contribution < 1.29 is 4.79 Å². The van der Waals surface area contributed by atoms with Crippen LogP contribution in [0.3, 0.4) is 0 Å². The molecule has 1 unspecified atom stereocenters. The highest BCUT2D eigenvalue weighted by Crippen LogP contribution is 2.27. The van der Waals surface area contributed by atoms with Crippen molar-refractivity contribution in [3.63, 3.8) is 0 Å². The summed E-state index contributed by atoms with van der Waals surface area (Å²) in [4.78, 5) is 30.4. The molecule has 1 atom stereocenters. The maximum absolute atomic E-state index is 13.4. The number of amides is 1. The van der Waals surface area contributed by atoms with Crippen molar-refractivity contribution in [2.45, 2.75) is 31.2 Å². The van der Waals surface area contributed by atoms with Gasteiger partial charge in [0.1, 0.15) is 0 Å². The Hall–Kier alpha value is -3.04. The Morgan fingerprint density at radius 2 is 1.89 bits per heavy atom. The van der Waals surface area contributed by atoms with Crippen molar-refractivity contribution >= 4 is 28.6 Å². The number of para-hydroxylation sites is 2. The summed E-state index contributed by atoms with van der Waals surface area (Å²) in [5.74, 6) is 2.19. The number of nitrogens with one attached hydrogen (secondary N) is 1. The highest BCUT2D eigenvalue weighted by Gasteiger charge is 2.21. The first-order chi connectivity index (χ1) is 13.4. The lowest BCUT2D eigenvalue weighted by Crippen LogP contribution is -2.32. The summed E-state index contributed by atoms with van der Waals surface area (Å²) in [7, 11) is 0. The molecule has 0 bridgehead atoms. The lowest BCUT2D eigenvalue weighted by atomic mass is 10.1. The molecule has 1 aromatic heterocycles. The number of benzene rings is 2. The van der Waals surface area contributed by atoms with Gasteiger partial charge in [-0.25, -0.2) is 4.98 Å². The number of carbonyl (C=O) groups is 1. The first-order valence-electron chi connectivity index (χ1n) is 8.90. The Labute approximate surface area is 168 Å². The van der Waals surface area contributed by atoms with E-state index in [9.17, 15) is 9.59 Å². The van der Waals surface area contributed by atoms with Crippen LogP contribution in [0, 0.1) is 26.2 Å². The molecular formula is C22H21N3O2S. The van der Waals surface area contributed by atoms with Crippen molar-refractivity contribution in [1.29, 1.82) is 0 Å². The average molecular weight is 391 g/mol. The Balaban J connectivity index is 2.20. The molecule has 0 fully saturated rings. The molecule has 28 heavy (non-hydrogen) atoms. The van der Waals surface area contributed by atoms with Gasteiger partial charge < -0.3 is 5.32 Å². The first-order valence-corrected chi connectivity index (χ1v) is 9.78. The van der Waals surface area contributed by atoms with Crippen LogP contribution in [-0.4, -0.2) is 27.3 Å². The van der Waals surface area contributed by atoms with Crippen molar-refractivity contribution in [1.82, 2.24) is 14.9 Å². The van der Waals surface area contributed by atoms with Crippen LogP contribution in [0.25, 0.3) is 16.6 Å². The molecule has 3 aromatic rings. The maximum atomic E-state index is 13.4. The average Bonchev–Trinajstić information content (AvgIpc) is 2.68. The van der Waals surface area contributed by atoms with Gasteiger partial charge in [-0.05, 0) is 44.0 Å². The lowest BCUT2D eigenvalue weighted by Gasteiger charge is -2.19. The second kappa shape index (κ2) is 8.32. The van der Waals surface area contributed by atoms with Gasteiger partial charge in [-0.3, -0.25) is 14.2 Å². The molecule has 3 rings (SSSR count). The van der Waals surface area contributed by atoms with E-state index in [4.69, 9.17) is 11.4 Å². The van der Waals surface area contributed by atoms with Gasteiger partial charge in [0.2, 0.25) is 5.91 Å². The van der Waals surface area contributed by atoms with E-state index in [0.29, 0.717) is 16.1 Å². The maximum Gasteiger partial charge on any atom is 0.266 e. The number of terminal acetylenes is 1. The summed E-state index contributed by atoms with van der Waals surface area (Å²) in [6.07, 6.45) is 5.22. The standard InChI is InChI=1S/C22H21N3O2S/c1-5-13-23-20(26)16(4)28-22-24-18-12-7-6-11-17(18)21(27)25(22)19-14(2)9-8-10-15(19)3/h1,6-12,16H,13H2,2-4H3,(H,23,26). The molecular weight excluding hydrogens is 370 g/mol. The molecule has 6 heteroatoms. The number of fused-ring (bicyclic) bond motifs is 1. The van der Waals surface area contributed by atoms with E-state index in [1.807, 2.05) is 44.2 Å². The fourth-order valence-electron chi connectivity index (χ4n) is 3.04. The number of nitrogens with zero attached hydrogens (tertiary/aromatic N) is 2. The molecule has 0 aliphatic carbocycles. The molecule has 1 N–H and O–H groups in total. The number of aryl methyl sites for hydroxylation is 2. The quantitative estimate of drug-likeness (QED) is 0.412. The number of rotatable bonds is 5. The van der Waals surface area contributed by atoms with Crippen LogP contribution < -0.4 is 10.9 Å². The number of hydrogen-bond donors (Lipinski definition) is 1. The molecule has 0 radical (unpaired) electrons. The van der Waals surface area contributed by atoms with E-state index in [2.05, 4.69) is 11.2 Å². The molecule has 0 spiro atoms. The van der Waals surface area contributed by atoms with Crippen molar-refractivity contribution in [3.05, 3.63) is 63.9 Å². The Morgan fingerprint density at radius 3 is 2.57 bits per heavy atom. The highest BCUT2D eigenvalue weighted by molar-refractivity contribution is 8.00. The highest BCUT2D eigenvalue weighted by atomic mass is 32.2. The van der Waals surface area contributed by atoms with Crippen LogP contribution in [-0.2, 0) is 4.79 Å².